The van der Waals surface area contributed by atoms with E-state index in [4.69, 9.17) is 4.74 Å². The quantitative estimate of drug-likeness (QED) is 0.608. The summed E-state index contributed by atoms with van der Waals surface area (Å²) in [6.45, 7) is -1.08. The molecule has 0 saturated carbocycles. The monoisotopic (exact) mass is 404 g/mol. The van der Waals surface area contributed by atoms with Gasteiger partial charge in [0.1, 0.15) is 11.5 Å². The molecule has 1 heterocycles. The van der Waals surface area contributed by atoms with Crippen molar-refractivity contribution in [1.29, 1.82) is 0 Å². The first-order valence-electron chi connectivity index (χ1n) is 8.38. The molecule has 0 bridgehead atoms. The maximum Gasteiger partial charge on any atom is 0.387 e. The van der Waals surface area contributed by atoms with Gasteiger partial charge in [-0.2, -0.15) is 8.78 Å². The molecule has 0 radical (unpaired) electrons. The number of thiazole rings is 1. The molecule has 1 amide bonds. The number of methoxy groups -OCH3 is 1. The molecule has 3 rings (SSSR count). The Morgan fingerprint density at radius 3 is 2.57 bits per heavy atom. The number of amides is 1. The van der Waals surface area contributed by atoms with Crippen LogP contribution in [0.2, 0.25) is 0 Å². The molecule has 0 aliphatic heterocycles. The third kappa shape index (κ3) is 5.04. The molecule has 0 fully saturated rings. The molecule has 5 nitrogen and oxygen atoms in total. The molecule has 1 aromatic heterocycles. The maximum atomic E-state index is 12.8. The zero-order valence-corrected chi connectivity index (χ0v) is 16.1. The number of nitrogens with one attached hydrogen (secondary N) is 1. The summed E-state index contributed by atoms with van der Waals surface area (Å²) in [5.74, 6) is 0.421. The summed E-state index contributed by atoms with van der Waals surface area (Å²) in [5, 5.41) is 5.49. The number of nitrogens with zero attached hydrogens (tertiary/aromatic N) is 1. The number of hydrogen-bond donors (Lipinski definition) is 1. The number of aryl methyl sites for hydroxylation is 1. The molecular weight excluding hydrogens is 386 g/mol. The van der Waals surface area contributed by atoms with Crippen LogP contribution in [0, 0.1) is 6.92 Å². The second-order valence-corrected chi connectivity index (χ2v) is 6.96. The third-order valence-corrected chi connectivity index (χ3v) is 4.71. The molecule has 0 aliphatic rings. The number of carbonyl (C=O) groups excluding carboxylic acids is 1. The summed E-state index contributed by atoms with van der Waals surface area (Å²) < 4.78 is 35.3. The molecule has 1 N–H and O–H groups in total. The molecule has 0 saturated heterocycles. The summed E-state index contributed by atoms with van der Waals surface area (Å²) in [6.07, 6.45) is 0.136. The van der Waals surface area contributed by atoms with Gasteiger partial charge in [-0.05, 0) is 42.8 Å². The van der Waals surface area contributed by atoms with Gasteiger partial charge in [0.05, 0.1) is 24.2 Å². The molecule has 0 unspecified atom stereocenters. The van der Waals surface area contributed by atoms with Crippen LogP contribution in [-0.2, 0) is 11.2 Å². The van der Waals surface area contributed by atoms with Crippen molar-refractivity contribution in [3.05, 3.63) is 58.5 Å². The summed E-state index contributed by atoms with van der Waals surface area (Å²) >= 11 is 1.47. The van der Waals surface area contributed by atoms with Crippen LogP contribution in [0.4, 0.5) is 14.5 Å². The van der Waals surface area contributed by atoms with E-state index in [1.807, 2.05) is 12.3 Å². The minimum atomic E-state index is -2.95. The van der Waals surface area contributed by atoms with Crippen molar-refractivity contribution in [3.8, 4) is 22.6 Å². The highest BCUT2D eigenvalue weighted by Crippen LogP contribution is 2.34. The first kappa shape index (κ1) is 19.8. The Morgan fingerprint density at radius 1 is 1.21 bits per heavy atom. The molecular formula is C20H18F2N2O3S. The van der Waals surface area contributed by atoms with Crippen molar-refractivity contribution in [1.82, 2.24) is 4.98 Å². The molecule has 28 heavy (non-hydrogen) atoms. The lowest BCUT2D eigenvalue weighted by Gasteiger charge is -2.14. The van der Waals surface area contributed by atoms with Gasteiger partial charge in [-0.3, -0.25) is 4.79 Å². The van der Waals surface area contributed by atoms with Gasteiger partial charge >= 0.3 is 6.61 Å². The van der Waals surface area contributed by atoms with Crippen molar-refractivity contribution >= 4 is 22.9 Å². The highest BCUT2D eigenvalue weighted by molar-refractivity contribution is 7.09. The topological polar surface area (TPSA) is 60.5 Å². The van der Waals surface area contributed by atoms with E-state index >= 15 is 0 Å². The number of rotatable bonds is 7. The van der Waals surface area contributed by atoms with E-state index in [0.29, 0.717) is 28.3 Å². The lowest BCUT2D eigenvalue weighted by atomic mass is 10.0. The van der Waals surface area contributed by atoms with Crippen molar-refractivity contribution in [2.75, 3.05) is 12.4 Å². The van der Waals surface area contributed by atoms with Crippen molar-refractivity contribution in [3.63, 3.8) is 0 Å². The molecule has 8 heteroatoms. The summed E-state index contributed by atoms with van der Waals surface area (Å²) in [7, 11) is 1.54. The average Bonchev–Trinajstić information content (AvgIpc) is 3.07. The number of ether oxygens (including phenoxy) is 2. The fraction of sp³-hybridized carbons (Fsp3) is 0.200. The van der Waals surface area contributed by atoms with Crippen LogP contribution in [0.15, 0.2) is 47.8 Å². The molecule has 146 valence electrons. The number of benzene rings is 2. The zero-order valence-electron chi connectivity index (χ0n) is 15.2. The SMILES string of the molecule is COc1ccc(-c2cc(NC(=O)Cc3csc(C)n3)ccc2OC(F)F)cc1. The number of carbonyl (C=O) groups is 1. The second-order valence-electron chi connectivity index (χ2n) is 5.90. The lowest BCUT2D eigenvalue weighted by molar-refractivity contribution is -0.115. The molecule has 0 aliphatic carbocycles. The Kier molecular flexibility index (Phi) is 6.20. The Morgan fingerprint density at radius 2 is 1.96 bits per heavy atom. The van der Waals surface area contributed by atoms with Crippen LogP contribution >= 0.6 is 11.3 Å². The molecule has 2 aromatic carbocycles. The Labute approximate surface area is 164 Å². The summed E-state index contributed by atoms with van der Waals surface area (Å²) in [4.78, 5) is 16.5. The first-order chi connectivity index (χ1) is 13.4. The molecule has 0 spiro atoms. The maximum absolute atomic E-state index is 12.8. The van der Waals surface area contributed by atoms with Crippen molar-refractivity contribution in [2.45, 2.75) is 20.0 Å². The first-order valence-corrected chi connectivity index (χ1v) is 9.26. The number of hydrogen-bond acceptors (Lipinski definition) is 5. The molecule has 3 aromatic rings. The molecule has 0 atom stereocenters. The van der Waals surface area contributed by atoms with E-state index in [-0.39, 0.29) is 18.1 Å². The highest BCUT2D eigenvalue weighted by atomic mass is 32.1. The van der Waals surface area contributed by atoms with Gasteiger partial charge in [0, 0.05) is 16.6 Å². The van der Waals surface area contributed by atoms with Crippen LogP contribution in [0.25, 0.3) is 11.1 Å². The smallest absolute Gasteiger partial charge is 0.387 e. The minimum Gasteiger partial charge on any atom is -0.497 e. The number of anilines is 1. The van der Waals surface area contributed by atoms with Gasteiger partial charge in [-0.15, -0.1) is 11.3 Å². The van der Waals surface area contributed by atoms with Crippen LogP contribution in [0.5, 0.6) is 11.5 Å². The van der Waals surface area contributed by atoms with E-state index in [9.17, 15) is 13.6 Å². The van der Waals surface area contributed by atoms with E-state index in [2.05, 4.69) is 15.0 Å². The van der Waals surface area contributed by atoms with Crippen LogP contribution in [0.1, 0.15) is 10.7 Å². The predicted octanol–water partition coefficient (Wildman–Crippen LogP) is 4.91. The van der Waals surface area contributed by atoms with Gasteiger partial charge in [-0.1, -0.05) is 12.1 Å². The largest absolute Gasteiger partial charge is 0.497 e. The Hall–Kier alpha value is -3.00. The lowest BCUT2D eigenvalue weighted by Crippen LogP contribution is -2.14. The Balaban J connectivity index is 1.84. The van der Waals surface area contributed by atoms with Crippen molar-refractivity contribution < 1.29 is 23.0 Å². The average molecular weight is 404 g/mol. The van der Waals surface area contributed by atoms with Crippen LogP contribution in [0.3, 0.4) is 0 Å². The normalized spacial score (nSPS) is 10.8. The Bertz CT molecular complexity index is 958. The predicted molar refractivity (Wildman–Crippen MR) is 104 cm³/mol. The summed E-state index contributed by atoms with van der Waals surface area (Å²) in [6, 6.07) is 11.4. The fourth-order valence-corrected chi connectivity index (χ4v) is 3.27. The van der Waals surface area contributed by atoms with Crippen LogP contribution in [-0.4, -0.2) is 24.6 Å². The van der Waals surface area contributed by atoms with E-state index < -0.39 is 6.61 Å². The van der Waals surface area contributed by atoms with Gasteiger partial charge in [0.15, 0.2) is 0 Å². The van der Waals surface area contributed by atoms with E-state index in [1.165, 1.54) is 23.5 Å². The highest BCUT2D eigenvalue weighted by Gasteiger charge is 2.14. The fourth-order valence-electron chi connectivity index (χ4n) is 2.66. The minimum absolute atomic E-state index is 0.0216. The zero-order chi connectivity index (χ0) is 20.1. The summed E-state index contributed by atoms with van der Waals surface area (Å²) in [5.41, 5.74) is 2.25. The van der Waals surface area contributed by atoms with E-state index in [1.54, 1.807) is 37.4 Å². The van der Waals surface area contributed by atoms with E-state index in [0.717, 1.165) is 5.01 Å². The third-order valence-electron chi connectivity index (χ3n) is 3.89. The number of aromatic nitrogens is 1. The standard InChI is InChI=1S/C20H18F2N2O3S/c1-12-23-15(11-28-12)10-19(25)24-14-5-8-18(27-20(21)22)17(9-14)13-3-6-16(26-2)7-4-13/h3-9,11,20H,10H2,1-2H3,(H,24,25). The van der Waals surface area contributed by atoms with Gasteiger partial charge in [0.25, 0.3) is 0 Å². The van der Waals surface area contributed by atoms with Gasteiger partial charge < -0.3 is 14.8 Å². The van der Waals surface area contributed by atoms with Gasteiger partial charge in [0.2, 0.25) is 5.91 Å². The van der Waals surface area contributed by atoms with Gasteiger partial charge in [-0.25, -0.2) is 4.98 Å². The number of halogens is 2. The second kappa shape index (κ2) is 8.79. The van der Waals surface area contributed by atoms with Crippen molar-refractivity contribution in [2.24, 2.45) is 0 Å². The van der Waals surface area contributed by atoms with Crippen LogP contribution < -0.4 is 14.8 Å². The number of alkyl halides is 2.